The van der Waals surface area contributed by atoms with Crippen LogP contribution in [0, 0.1) is 0 Å². The molecule has 0 N–H and O–H groups in total. The molecule has 0 radical (unpaired) electrons. The molecule has 1 fully saturated rings. The first-order valence-electron chi connectivity index (χ1n) is 11.9. The van der Waals surface area contributed by atoms with E-state index in [1.165, 1.54) is 16.8 Å². The monoisotopic (exact) mass is 441 g/mol. The lowest BCUT2D eigenvalue weighted by atomic mass is 10.2. The summed E-state index contributed by atoms with van der Waals surface area (Å²) < 4.78 is 5.35. The minimum Gasteiger partial charge on any atom is -0.497 e. The minimum atomic E-state index is 0.899. The molecule has 1 aliphatic rings. The lowest BCUT2D eigenvalue weighted by molar-refractivity contribution is 0.145. The van der Waals surface area contributed by atoms with E-state index in [2.05, 4.69) is 112 Å². The third kappa shape index (κ3) is 7.21. The molecular weight excluding hydrogens is 406 g/mol. The molecule has 4 nitrogen and oxygen atoms in total. The second kappa shape index (κ2) is 12.2. The number of methoxy groups -OCH3 is 1. The van der Waals surface area contributed by atoms with Gasteiger partial charge >= 0.3 is 0 Å². The Labute approximate surface area is 198 Å². The predicted octanol–water partition coefficient (Wildman–Crippen LogP) is 5.03. The van der Waals surface area contributed by atoms with Crippen LogP contribution < -0.4 is 9.64 Å². The summed E-state index contributed by atoms with van der Waals surface area (Å²) in [6, 6.07) is 29.7. The van der Waals surface area contributed by atoms with Crippen molar-refractivity contribution in [2.45, 2.75) is 6.54 Å². The number of anilines is 1. The van der Waals surface area contributed by atoms with Gasteiger partial charge in [-0.2, -0.15) is 0 Å². The van der Waals surface area contributed by atoms with Crippen molar-refractivity contribution in [3.8, 4) is 5.75 Å². The average Bonchev–Trinajstić information content (AvgIpc) is 2.89. The third-order valence-corrected chi connectivity index (χ3v) is 6.28. The Morgan fingerprint density at radius 3 is 2.09 bits per heavy atom. The number of hydrogen-bond donors (Lipinski definition) is 0. The number of nitrogens with zero attached hydrogens (tertiary/aromatic N) is 3. The van der Waals surface area contributed by atoms with Crippen LogP contribution in [-0.2, 0) is 6.54 Å². The predicted molar refractivity (Wildman–Crippen MR) is 139 cm³/mol. The molecule has 3 aromatic rings. The van der Waals surface area contributed by atoms with Crippen molar-refractivity contribution >= 4 is 11.8 Å². The molecule has 0 saturated carbocycles. The lowest BCUT2D eigenvalue weighted by Gasteiger charge is -2.36. The minimum absolute atomic E-state index is 0.899. The van der Waals surface area contributed by atoms with E-state index in [1.807, 2.05) is 0 Å². The number of piperazine rings is 1. The zero-order valence-electron chi connectivity index (χ0n) is 19.6. The van der Waals surface area contributed by atoms with Crippen molar-refractivity contribution in [2.24, 2.45) is 0 Å². The van der Waals surface area contributed by atoms with Gasteiger partial charge in [-0.05, 0) is 35.4 Å². The van der Waals surface area contributed by atoms with E-state index in [0.29, 0.717) is 0 Å². The van der Waals surface area contributed by atoms with Crippen molar-refractivity contribution in [1.29, 1.82) is 0 Å². The Balaban J connectivity index is 1.28. The van der Waals surface area contributed by atoms with Crippen molar-refractivity contribution in [2.75, 3.05) is 57.8 Å². The number of ether oxygens (including phenoxy) is 1. The lowest BCUT2D eigenvalue weighted by Crippen LogP contribution is -2.48. The maximum Gasteiger partial charge on any atom is 0.119 e. The fraction of sp³-hybridized carbons (Fsp3) is 0.310. The summed E-state index contributed by atoms with van der Waals surface area (Å²) in [4.78, 5) is 7.61. The van der Waals surface area contributed by atoms with Crippen molar-refractivity contribution < 1.29 is 4.74 Å². The van der Waals surface area contributed by atoms with Gasteiger partial charge in [-0.15, -0.1) is 0 Å². The third-order valence-electron chi connectivity index (χ3n) is 6.28. The number of rotatable bonds is 10. The van der Waals surface area contributed by atoms with Gasteiger partial charge in [-0.3, -0.25) is 9.80 Å². The van der Waals surface area contributed by atoms with Gasteiger partial charge in [0.15, 0.2) is 0 Å². The van der Waals surface area contributed by atoms with E-state index < -0.39 is 0 Å². The van der Waals surface area contributed by atoms with Gasteiger partial charge in [-0.25, -0.2) is 0 Å². The van der Waals surface area contributed by atoms with Crippen LogP contribution in [0.5, 0.6) is 5.75 Å². The summed E-state index contributed by atoms with van der Waals surface area (Å²) in [6.07, 6.45) is 4.51. The molecule has 0 spiro atoms. The van der Waals surface area contributed by atoms with Crippen LogP contribution >= 0.6 is 0 Å². The molecule has 172 valence electrons. The first-order chi connectivity index (χ1) is 16.3. The molecule has 4 heteroatoms. The maximum atomic E-state index is 5.35. The highest BCUT2D eigenvalue weighted by molar-refractivity contribution is 5.50. The second-order valence-electron chi connectivity index (χ2n) is 8.56. The first kappa shape index (κ1) is 23.1. The van der Waals surface area contributed by atoms with Gasteiger partial charge in [0.25, 0.3) is 0 Å². The van der Waals surface area contributed by atoms with E-state index in [1.54, 1.807) is 7.11 Å². The Hall–Kier alpha value is -3.08. The van der Waals surface area contributed by atoms with Crippen LogP contribution in [0.1, 0.15) is 11.1 Å². The van der Waals surface area contributed by atoms with Gasteiger partial charge in [0.1, 0.15) is 5.75 Å². The summed E-state index contributed by atoms with van der Waals surface area (Å²) in [5, 5.41) is 0. The molecule has 0 bridgehead atoms. The van der Waals surface area contributed by atoms with E-state index in [0.717, 1.165) is 58.1 Å². The normalized spacial score (nSPS) is 15.1. The van der Waals surface area contributed by atoms with Crippen molar-refractivity contribution in [3.05, 3.63) is 102 Å². The fourth-order valence-corrected chi connectivity index (χ4v) is 4.26. The SMILES string of the molecule is COc1ccc(N(CCN2CCN(C/C=C/c3ccccc3)CC2)Cc2ccccc2)cc1. The Bertz CT molecular complexity index is 965. The van der Waals surface area contributed by atoms with Gasteiger partial charge in [-0.1, -0.05) is 72.8 Å². The summed E-state index contributed by atoms with van der Waals surface area (Å²) >= 11 is 0. The van der Waals surface area contributed by atoms with Crippen LogP contribution in [0.3, 0.4) is 0 Å². The summed E-state index contributed by atoms with van der Waals surface area (Å²) in [5.41, 5.74) is 3.85. The fourth-order valence-electron chi connectivity index (χ4n) is 4.26. The van der Waals surface area contributed by atoms with Crippen molar-refractivity contribution in [1.82, 2.24) is 9.80 Å². The van der Waals surface area contributed by atoms with E-state index in [4.69, 9.17) is 4.74 Å². The zero-order chi connectivity index (χ0) is 22.7. The smallest absolute Gasteiger partial charge is 0.119 e. The molecule has 0 atom stereocenters. The Morgan fingerprint density at radius 1 is 0.788 bits per heavy atom. The van der Waals surface area contributed by atoms with Crippen LogP contribution in [0.2, 0.25) is 0 Å². The van der Waals surface area contributed by atoms with Crippen LogP contribution in [0.15, 0.2) is 91.0 Å². The molecule has 0 amide bonds. The maximum absolute atomic E-state index is 5.35. The van der Waals surface area contributed by atoms with E-state index in [-0.39, 0.29) is 0 Å². The van der Waals surface area contributed by atoms with E-state index >= 15 is 0 Å². The first-order valence-corrected chi connectivity index (χ1v) is 11.9. The molecule has 33 heavy (non-hydrogen) atoms. The molecular formula is C29H35N3O. The largest absolute Gasteiger partial charge is 0.497 e. The molecule has 4 rings (SSSR count). The zero-order valence-corrected chi connectivity index (χ0v) is 19.6. The van der Waals surface area contributed by atoms with Gasteiger partial charge in [0, 0.05) is 58.0 Å². The molecule has 0 unspecified atom stereocenters. The van der Waals surface area contributed by atoms with Gasteiger partial charge < -0.3 is 9.64 Å². The van der Waals surface area contributed by atoms with Crippen LogP contribution in [0.25, 0.3) is 6.08 Å². The highest BCUT2D eigenvalue weighted by Gasteiger charge is 2.17. The molecule has 1 aliphatic heterocycles. The summed E-state index contributed by atoms with van der Waals surface area (Å²) in [6.45, 7) is 8.52. The van der Waals surface area contributed by atoms with Crippen molar-refractivity contribution in [3.63, 3.8) is 0 Å². The highest BCUT2D eigenvalue weighted by atomic mass is 16.5. The summed E-state index contributed by atoms with van der Waals surface area (Å²) in [7, 11) is 1.72. The second-order valence-corrected chi connectivity index (χ2v) is 8.56. The van der Waals surface area contributed by atoms with Crippen LogP contribution in [-0.4, -0.2) is 62.7 Å². The Kier molecular flexibility index (Phi) is 8.56. The standard InChI is InChI=1S/C29H35N3O/c1-33-29-16-14-28(15-17-29)32(25-27-11-6-3-7-12-27)24-23-31-21-19-30(20-22-31)18-8-13-26-9-4-2-5-10-26/h2-17H,18-25H2,1H3/b13-8+. The quantitative estimate of drug-likeness (QED) is 0.439. The topological polar surface area (TPSA) is 19.0 Å². The highest BCUT2D eigenvalue weighted by Crippen LogP contribution is 2.21. The van der Waals surface area contributed by atoms with Gasteiger partial charge in [0.2, 0.25) is 0 Å². The van der Waals surface area contributed by atoms with Gasteiger partial charge in [0.05, 0.1) is 7.11 Å². The summed E-state index contributed by atoms with van der Waals surface area (Å²) in [5.74, 6) is 0.899. The average molecular weight is 442 g/mol. The molecule has 0 aliphatic carbocycles. The Morgan fingerprint density at radius 2 is 1.42 bits per heavy atom. The molecule has 3 aromatic carbocycles. The molecule has 0 aromatic heterocycles. The van der Waals surface area contributed by atoms with E-state index in [9.17, 15) is 0 Å². The molecule has 1 saturated heterocycles. The number of benzene rings is 3. The molecule has 1 heterocycles. The van der Waals surface area contributed by atoms with Crippen LogP contribution in [0.4, 0.5) is 5.69 Å². The number of hydrogen-bond acceptors (Lipinski definition) is 4.